The van der Waals surface area contributed by atoms with Crippen LogP contribution in [0.25, 0.3) is 0 Å². The highest BCUT2D eigenvalue weighted by Gasteiger charge is 2.21. The van der Waals surface area contributed by atoms with Crippen LogP contribution in [-0.4, -0.2) is 62.1 Å². The number of H-pyrrole nitrogens is 1. The number of hydrogen-bond donors (Lipinski definition) is 1. The van der Waals surface area contributed by atoms with Gasteiger partial charge in [0.05, 0.1) is 6.20 Å². The van der Waals surface area contributed by atoms with E-state index in [4.69, 9.17) is 0 Å². The largest absolute Gasteiger partial charge is 0.308 e. The van der Waals surface area contributed by atoms with Gasteiger partial charge in [0.1, 0.15) is 4.90 Å². The quantitative estimate of drug-likeness (QED) is 0.749. The van der Waals surface area contributed by atoms with Crippen molar-refractivity contribution >= 4 is 10.0 Å². The number of nitrogens with zero attached hydrogens (tertiary/aromatic N) is 3. The molecule has 1 heterocycles. The fraction of sp³-hybridized carbons (Fsp3) is 0.625. The molecule has 0 aliphatic heterocycles. The first-order valence-corrected chi connectivity index (χ1v) is 5.98. The Hall–Kier alpha value is -0.920. The van der Waals surface area contributed by atoms with E-state index in [1.54, 1.807) is 7.05 Å². The molecule has 0 aliphatic carbocycles. The minimum Gasteiger partial charge on any atom is -0.308 e. The third-order valence-corrected chi connectivity index (χ3v) is 3.87. The van der Waals surface area contributed by atoms with Gasteiger partial charge in [-0.15, -0.1) is 0 Å². The van der Waals surface area contributed by atoms with Crippen LogP contribution in [0.2, 0.25) is 0 Å². The van der Waals surface area contributed by atoms with Crippen LogP contribution in [-0.2, 0) is 10.0 Å². The average molecular weight is 232 g/mol. The minimum atomic E-state index is -3.38. The number of likely N-dealkylation sites (N-methyl/N-ethyl adjacent to an activating group) is 2. The van der Waals surface area contributed by atoms with Crippen LogP contribution in [0.15, 0.2) is 17.3 Å². The van der Waals surface area contributed by atoms with E-state index in [1.165, 1.54) is 16.7 Å². The molecule has 0 aromatic carbocycles. The molecule has 0 spiro atoms. The van der Waals surface area contributed by atoms with Gasteiger partial charge in [-0.1, -0.05) is 0 Å². The summed E-state index contributed by atoms with van der Waals surface area (Å²) in [6.07, 6.45) is 2.68. The third kappa shape index (κ3) is 3.01. The molecule has 1 aromatic heterocycles. The molecule has 1 rings (SSSR count). The summed E-state index contributed by atoms with van der Waals surface area (Å²) in [5.41, 5.74) is 0. The molecule has 0 fully saturated rings. The van der Waals surface area contributed by atoms with Gasteiger partial charge in [-0.25, -0.2) is 8.42 Å². The van der Waals surface area contributed by atoms with E-state index in [9.17, 15) is 8.42 Å². The lowest BCUT2D eigenvalue weighted by atomic mass is 10.6. The molecule has 0 bridgehead atoms. The minimum absolute atomic E-state index is 0.198. The molecule has 0 atom stereocenters. The molecule has 6 nitrogen and oxygen atoms in total. The van der Waals surface area contributed by atoms with Gasteiger partial charge in [0.2, 0.25) is 10.0 Å². The van der Waals surface area contributed by atoms with Crippen LogP contribution in [0.4, 0.5) is 0 Å². The van der Waals surface area contributed by atoms with E-state index in [-0.39, 0.29) is 4.90 Å². The maximum atomic E-state index is 11.9. The van der Waals surface area contributed by atoms with Crippen molar-refractivity contribution in [2.24, 2.45) is 0 Å². The first kappa shape index (κ1) is 12.2. The SMILES string of the molecule is CN(C)CCN(C)S(=O)(=O)c1cn[nH]c1. The molecule has 15 heavy (non-hydrogen) atoms. The Kier molecular flexibility index (Phi) is 3.83. The van der Waals surface area contributed by atoms with Crippen molar-refractivity contribution in [2.75, 3.05) is 34.2 Å². The maximum Gasteiger partial charge on any atom is 0.245 e. The van der Waals surface area contributed by atoms with Crippen LogP contribution in [0.3, 0.4) is 0 Å². The topological polar surface area (TPSA) is 69.3 Å². The Morgan fingerprint density at radius 2 is 2.00 bits per heavy atom. The Bertz CT molecular complexity index is 385. The summed E-state index contributed by atoms with van der Waals surface area (Å²) in [6, 6.07) is 0. The van der Waals surface area contributed by atoms with Crippen LogP contribution in [0.5, 0.6) is 0 Å². The molecular weight excluding hydrogens is 216 g/mol. The zero-order valence-corrected chi connectivity index (χ0v) is 9.95. The zero-order chi connectivity index (χ0) is 11.5. The molecule has 1 N–H and O–H groups in total. The highest BCUT2D eigenvalue weighted by molar-refractivity contribution is 7.89. The van der Waals surface area contributed by atoms with Crippen molar-refractivity contribution in [3.8, 4) is 0 Å². The first-order valence-electron chi connectivity index (χ1n) is 4.54. The normalized spacial score (nSPS) is 12.6. The van der Waals surface area contributed by atoms with Crippen LogP contribution in [0.1, 0.15) is 0 Å². The summed E-state index contributed by atoms with van der Waals surface area (Å²) >= 11 is 0. The molecule has 7 heteroatoms. The fourth-order valence-electron chi connectivity index (χ4n) is 1.02. The fourth-order valence-corrected chi connectivity index (χ4v) is 2.09. The standard InChI is InChI=1S/C8H16N4O2S/c1-11(2)4-5-12(3)15(13,14)8-6-9-10-7-8/h6-7H,4-5H2,1-3H3,(H,9,10). The summed E-state index contributed by atoms with van der Waals surface area (Å²) in [7, 11) is 1.99. The molecule has 0 saturated carbocycles. The third-order valence-electron chi connectivity index (χ3n) is 2.04. The van der Waals surface area contributed by atoms with Gasteiger partial charge < -0.3 is 4.90 Å². The van der Waals surface area contributed by atoms with Crippen molar-refractivity contribution in [3.05, 3.63) is 12.4 Å². The van der Waals surface area contributed by atoms with Crippen LogP contribution >= 0.6 is 0 Å². The van der Waals surface area contributed by atoms with Gasteiger partial charge in [-0.3, -0.25) is 5.10 Å². The van der Waals surface area contributed by atoms with Gasteiger partial charge in [0, 0.05) is 26.3 Å². The van der Waals surface area contributed by atoms with Gasteiger partial charge in [-0.2, -0.15) is 9.40 Å². The summed E-state index contributed by atoms with van der Waals surface area (Å²) in [6.45, 7) is 1.15. The summed E-state index contributed by atoms with van der Waals surface area (Å²) in [5.74, 6) is 0. The molecule has 0 amide bonds. The van der Waals surface area contributed by atoms with E-state index in [0.717, 1.165) is 0 Å². The Morgan fingerprint density at radius 1 is 1.33 bits per heavy atom. The average Bonchev–Trinajstić information content (AvgIpc) is 2.66. The number of rotatable bonds is 5. The molecule has 0 saturated heterocycles. The number of sulfonamides is 1. The maximum absolute atomic E-state index is 11.9. The zero-order valence-electron chi connectivity index (χ0n) is 9.14. The number of nitrogens with one attached hydrogen (secondary N) is 1. The highest BCUT2D eigenvalue weighted by atomic mass is 32.2. The van der Waals surface area contributed by atoms with Gasteiger partial charge >= 0.3 is 0 Å². The number of aromatic nitrogens is 2. The molecule has 0 aliphatic rings. The Labute approximate surface area is 89.9 Å². The van der Waals surface area contributed by atoms with E-state index >= 15 is 0 Å². The molecular formula is C8H16N4O2S. The summed E-state index contributed by atoms with van der Waals surface area (Å²) in [4.78, 5) is 2.13. The first-order chi connectivity index (χ1) is 6.94. The lowest BCUT2D eigenvalue weighted by Crippen LogP contribution is -2.33. The second-order valence-electron chi connectivity index (χ2n) is 3.56. The summed E-state index contributed by atoms with van der Waals surface area (Å²) in [5, 5.41) is 6.11. The van der Waals surface area contributed by atoms with Crippen LogP contribution < -0.4 is 0 Å². The van der Waals surface area contributed by atoms with Crippen molar-refractivity contribution in [1.29, 1.82) is 0 Å². The van der Waals surface area contributed by atoms with Crippen molar-refractivity contribution in [2.45, 2.75) is 4.90 Å². The molecule has 1 aromatic rings. The van der Waals surface area contributed by atoms with Gasteiger partial charge in [0.15, 0.2) is 0 Å². The van der Waals surface area contributed by atoms with Gasteiger partial charge in [0.25, 0.3) is 0 Å². The summed E-state index contributed by atoms with van der Waals surface area (Å²) < 4.78 is 25.0. The number of aromatic amines is 1. The van der Waals surface area contributed by atoms with Crippen molar-refractivity contribution < 1.29 is 8.42 Å². The van der Waals surface area contributed by atoms with E-state index < -0.39 is 10.0 Å². The second-order valence-corrected chi connectivity index (χ2v) is 5.61. The van der Waals surface area contributed by atoms with Crippen molar-refractivity contribution in [3.63, 3.8) is 0 Å². The predicted molar refractivity (Wildman–Crippen MR) is 57.0 cm³/mol. The number of hydrogen-bond acceptors (Lipinski definition) is 4. The van der Waals surface area contributed by atoms with E-state index in [2.05, 4.69) is 10.2 Å². The van der Waals surface area contributed by atoms with Crippen molar-refractivity contribution in [1.82, 2.24) is 19.4 Å². The van der Waals surface area contributed by atoms with E-state index in [1.807, 2.05) is 19.0 Å². The second kappa shape index (κ2) is 4.73. The predicted octanol–water partition coefficient (Wildman–Crippen LogP) is -0.408. The lowest BCUT2D eigenvalue weighted by Gasteiger charge is -2.18. The Morgan fingerprint density at radius 3 is 2.47 bits per heavy atom. The Balaban J connectivity index is 2.71. The monoisotopic (exact) mass is 232 g/mol. The molecule has 86 valence electrons. The highest BCUT2D eigenvalue weighted by Crippen LogP contribution is 2.10. The van der Waals surface area contributed by atoms with Gasteiger partial charge in [-0.05, 0) is 14.1 Å². The molecule has 0 unspecified atom stereocenters. The van der Waals surface area contributed by atoms with E-state index in [0.29, 0.717) is 13.1 Å². The molecule has 0 radical (unpaired) electrons. The van der Waals surface area contributed by atoms with Crippen LogP contribution in [0, 0.1) is 0 Å². The lowest BCUT2D eigenvalue weighted by molar-refractivity contribution is 0.358. The smallest absolute Gasteiger partial charge is 0.245 e.